The van der Waals surface area contributed by atoms with Gasteiger partial charge in [0.1, 0.15) is 0 Å². The Labute approximate surface area is 52.3 Å². The van der Waals surface area contributed by atoms with Gasteiger partial charge in [0.05, 0.1) is 0 Å². The van der Waals surface area contributed by atoms with Crippen LogP contribution >= 0.6 is 0 Å². The van der Waals surface area contributed by atoms with Crippen LogP contribution in [-0.4, -0.2) is 0 Å². The fraction of sp³-hybridized carbons (Fsp3) is 0.750. The predicted molar refractivity (Wildman–Crippen MR) is 35.7 cm³/mol. The van der Waals surface area contributed by atoms with E-state index in [-0.39, 0.29) is 5.41 Å². The molecule has 0 saturated heterocycles. The van der Waals surface area contributed by atoms with E-state index in [9.17, 15) is 0 Å². The molecule has 0 unspecified atom stereocenters. The lowest BCUT2D eigenvalue weighted by Crippen LogP contribution is -2.15. The Morgan fingerprint density at radius 2 is 1.75 bits per heavy atom. The summed E-state index contributed by atoms with van der Waals surface area (Å²) in [7, 11) is 0. The van der Waals surface area contributed by atoms with Gasteiger partial charge >= 0.3 is 0 Å². The Morgan fingerprint density at radius 1 is 1.38 bits per heavy atom. The van der Waals surface area contributed by atoms with Crippen molar-refractivity contribution in [3.05, 3.63) is 6.42 Å². The lowest BCUT2D eigenvalue weighted by atomic mass is 9.82. The summed E-state index contributed by atoms with van der Waals surface area (Å²) < 4.78 is 0. The SMILES string of the molecule is [C]#CC(C)(C)C(C)C. The first kappa shape index (κ1) is 7.56. The molecule has 8 heavy (non-hydrogen) atoms. The molecular weight excluding hydrogens is 96.1 g/mol. The summed E-state index contributed by atoms with van der Waals surface area (Å²) >= 11 is 0. The molecule has 0 atom stereocenters. The van der Waals surface area contributed by atoms with Crippen LogP contribution < -0.4 is 0 Å². The molecular formula is C8H13. The second-order valence-electron chi connectivity index (χ2n) is 3.00. The molecule has 0 aliphatic rings. The van der Waals surface area contributed by atoms with Gasteiger partial charge in [-0.15, -0.1) is 0 Å². The molecule has 0 bridgehead atoms. The second-order valence-corrected chi connectivity index (χ2v) is 3.00. The normalized spacial score (nSPS) is 11.5. The minimum Gasteiger partial charge on any atom is -0.0826 e. The summed E-state index contributed by atoms with van der Waals surface area (Å²) in [6.07, 6.45) is 6.89. The first-order chi connectivity index (χ1) is 3.50. The number of rotatable bonds is 1. The van der Waals surface area contributed by atoms with E-state index in [0.717, 1.165) is 0 Å². The molecule has 0 saturated carbocycles. The Hall–Kier alpha value is -0.440. The van der Waals surface area contributed by atoms with E-state index in [1.807, 2.05) is 13.8 Å². The van der Waals surface area contributed by atoms with Crippen LogP contribution in [0, 0.1) is 23.7 Å². The molecule has 1 radical (unpaired) electrons. The van der Waals surface area contributed by atoms with Gasteiger partial charge in [-0.2, -0.15) is 0 Å². The molecule has 0 aromatic rings. The molecule has 0 aromatic heterocycles. The van der Waals surface area contributed by atoms with Gasteiger partial charge < -0.3 is 0 Å². The summed E-state index contributed by atoms with van der Waals surface area (Å²) in [5.74, 6) is 3.00. The summed E-state index contributed by atoms with van der Waals surface area (Å²) in [6, 6.07) is 0. The smallest absolute Gasteiger partial charge is 0.0291 e. The van der Waals surface area contributed by atoms with Crippen molar-refractivity contribution in [2.24, 2.45) is 11.3 Å². The van der Waals surface area contributed by atoms with Crippen molar-refractivity contribution in [2.45, 2.75) is 27.7 Å². The van der Waals surface area contributed by atoms with Crippen molar-refractivity contribution in [2.75, 3.05) is 0 Å². The van der Waals surface area contributed by atoms with Crippen LogP contribution in [0.2, 0.25) is 0 Å². The zero-order chi connectivity index (χ0) is 6.78. The predicted octanol–water partition coefficient (Wildman–Crippen LogP) is 2.26. The Kier molecular flexibility index (Phi) is 2.10. The number of hydrogen-bond donors (Lipinski definition) is 0. The third-order valence-corrected chi connectivity index (χ3v) is 1.77. The maximum atomic E-state index is 6.89. The van der Waals surface area contributed by atoms with Crippen molar-refractivity contribution >= 4 is 0 Å². The molecule has 0 amide bonds. The third-order valence-electron chi connectivity index (χ3n) is 1.77. The van der Waals surface area contributed by atoms with E-state index in [4.69, 9.17) is 6.42 Å². The standard InChI is InChI=1S/C8H13/c1-6-8(4,5)7(2)3/h7H,2-5H3. The highest BCUT2D eigenvalue weighted by Crippen LogP contribution is 2.23. The van der Waals surface area contributed by atoms with Crippen LogP contribution in [0.1, 0.15) is 27.7 Å². The largest absolute Gasteiger partial charge is 0.0826 e. The van der Waals surface area contributed by atoms with Gasteiger partial charge in [-0.1, -0.05) is 19.8 Å². The van der Waals surface area contributed by atoms with Gasteiger partial charge in [-0.05, 0) is 26.2 Å². The third kappa shape index (κ3) is 1.58. The van der Waals surface area contributed by atoms with Crippen LogP contribution in [0.5, 0.6) is 0 Å². The lowest BCUT2D eigenvalue weighted by Gasteiger charge is -2.21. The van der Waals surface area contributed by atoms with E-state index in [1.54, 1.807) is 0 Å². The average Bonchev–Trinajstić information content (AvgIpc) is 1.67. The highest BCUT2D eigenvalue weighted by Gasteiger charge is 2.17. The van der Waals surface area contributed by atoms with Crippen LogP contribution in [-0.2, 0) is 0 Å². The summed E-state index contributed by atoms with van der Waals surface area (Å²) in [5, 5.41) is 0. The highest BCUT2D eigenvalue weighted by atomic mass is 14.2. The van der Waals surface area contributed by atoms with Gasteiger partial charge in [0.25, 0.3) is 0 Å². The highest BCUT2D eigenvalue weighted by molar-refractivity contribution is 4.97. The molecule has 0 aromatic carbocycles. The van der Waals surface area contributed by atoms with E-state index in [2.05, 4.69) is 19.8 Å². The van der Waals surface area contributed by atoms with Crippen LogP contribution in [0.4, 0.5) is 0 Å². The van der Waals surface area contributed by atoms with Gasteiger partial charge in [-0.25, -0.2) is 0 Å². The van der Waals surface area contributed by atoms with Gasteiger partial charge in [0, 0.05) is 5.41 Å². The van der Waals surface area contributed by atoms with Gasteiger partial charge in [0.2, 0.25) is 0 Å². The molecule has 0 fully saturated rings. The van der Waals surface area contributed by atoms with Crippen molar-refractivity contribution in [1.82, 2.24) is 0 Å². The summed E-state index contributed by atoms with van der Waals surface area (Å²) in [5.41, 5.74) is -0.0417. The monoisotopic (exact) mass is 109 g/mol. The van der Waals surface area contributed by atoms with E-state index >= 15 is 0 Å². The molecule has 0 heteroatoms. The van der Waals surface area contributed by atoms with Crippen molar-refractivity contribution in [3.63, 3.8) is 0 Å². The van der Waals surface area contributed by atoms with Crippen LogP contribution in [0.25, 0.3) is 0 Å². The molecule has 0 rings (SSSR count). The molecule has 0 nitrogen and oxygen atoms in total. The van der Waals surface area contributed by atoms with Gasteiger partial charge in [0.15, 0.2) is 0 Å². The van der Waals surface area contributed by atoms with E-state index in [0.29, 0.717) is 5.92 Å². The molecule has 0 heterocycles. The summed E-state index contributed by atoms with van der Waals surface area (Å²) in [6.45, 7) is 8.23. The topological polar surface area (TPSA) is 0 Å². The van der Waals surface area contributed by atoms with E-state index in [1.165, 1.54) is 0 Å². The fourth-order valence-corrected chi connectivity index (χ4v) is 0.144. The minimum atomic E-state index is -0.0417. The first-order valence-electron chi connectivity index (χ1n) is 2.94. The molecule has 0 spiro atoms. The zero-order valence-electron chi connectivity index (χ0n) is 6.08. The van der Waals surface area contributed by atoms with E-state index < -0.39 is 0 Å². The Bertz CT molecular complexity index is 102. The molecule has 0 aliphatic carbocycles. The molecule has 0 aliphatic heterocycles. The molecule has 0 N–H and O–H groups in total. The van der Waals surface area contributed by atoms with Crippen molar-refractivity contribution in [3.8, 4) is 5.92 Å². The van der Waals surface area contributed by atoms with Crippen molar-refractivity contribution < 1.29 is 0 Å². The first-order valence-corrected chi connectivity index (χ1v) is 2.94. The zero-order valence-corrected chi connectivity index (χ0v) is 6.08. The number of hydrogen-bond acceptors (Lipinski definition) is 0. The molecule has 45 valence electrons. The maximum Gasteiger partial charge on any atom is 0.0291 e. The van der Waals surface area contributed by atoms with Crippen LogP contribution in [0.3, 0.4) is 0 Å². The second kappa shape index (κ2) is 2.22. The lowest BCUT2D eigenvalue weighted by molar-refractivity contribution is 0.349. The van der Waals surface area contributed by atoms with Gasteiger partial charge in [-0.3, -0.25) is 0 Å². The van der Waals surface area contributed by atoms with Crippen LogP contribution in [0.15, 0.2) is 0 Å². The summed E-state index contributed by atoms with van der Waals surface area (Å²) in [4.78, 5) is 0. The Morgan fingerprint density at radius 3 is 1.75 bits per heavy atom. The quantitative estimate of drug-likeness (QED) is 0.453. The maximum absolute atomic E-state index is 6.89. The minimum absolute atomic E-state index is 0.0417. The average molecular weight is 109 g/mol. The fourth-order valence-electron chi connectivity index (χ4n) is 0.144. The Balaban J connectivity index is 3.97. The van der Waals surface area contributed by atoms with Crippen molar-refractivity contribution in [1.29, 1.82) is 0 Å².